The maximum Gasteiger partial charge on any atom is 0.246 e. The fraction of sp³-hybridized carbons (Fsp3) is 0.188. The predicted octanol–water partition coefficient (Wildman–Crippen LogP) is 2.37. The van der Waals surface area contributed by atoms with Crippen molar-refractivity contribution in [3.8, 4) is 5.75 Å². The molecule has 0 aliphatic heterocycles. The van der Waals surface area contributed by atoms with E-state index in [9.17, 15) is 26.4 Å². The van der Waals surface area contributed by atoms with Gasteiger partial charge in [-0.15, -0.1) is 0 Å². The van der Waals surface area contributed by atoms with Crippen LogP contribution in [0.4, 0.5) is 18.9 Å². The van der Waals surface area contributed by atoms with Gasteiger partial charge in [0.15, 0.2) is 17.5 Å². The van der Waals surface area contributed by atoms with Gasteiger partial charge in [0.05, 0.1) is 13.7 Å². The molecule has 2 aromatic rings. The lowest BCUT2D eigenvalue weighted by Crippen LogP contribution is -2.35. The summed E-state index contributed by atoms with van der Waals surface area (Å²) in [6, 6.07) is 7.36. The number of rotatable bonds is 6. The van der Waals surface area contributed by atoms with Crippen LogP contribution in [0.5, 0.6) is 5.75 Å². The molecule has 0 unspecified atom stereocenters. The van der Waals surface area contributed by atoms with Crippen LogP contribution in [0, 0.1) is 17.5 Å². The zero-order valence-electron chi connectivity index (χ0n) is 13.8. The van der Waals surface area contributed by atoms with Crippen LogP contribution in [-0.2, 0) is 14.8 Å². The molecule has 0 atom stereocenters. The maximum absolute atomic E-state index is 13.7. The van der Waals surface area contributed by atoms with Crippen molar-refractivity contribution in [3.63, 3.8) is 0 Å². The van der Waals surface area contributed by atoms with Crippen molar-refractivity contribution in [2.24, 2.45) is 0 Å². The van der Waals surface area contributed by atoms with Gasteiger partial charge in [0.25, 0.3) is 0 Å². The van der Waals surface area contributed by atoms with Crippen LogP contribution in [0.15, 0.2) is 41.3 Å². The summed E-state index contributed by atoms with van der Waals surface area (Å²) in [4.78, 5) is 10.9. The van der Waals surface area contributed by atoms with Gasteiger partial charge < -0.3 is 10.1 Å². The molecule has 0 saturated heterocycles. The van der Waals surface area contributed by atoms with Crippen LogP contribution >= 0.6 is 0 Å². The lowest BCUT2D eigenvalue weighted by atomic mass is 10.3. The number of sulfonamides is 1. The number of carbonyl (C=O) groups excluding carboxylic acids is 1. The van der Waals surface area contributed by atoms with Gasteiger partial charge in [0.1, 0.15) is 10.6 Å². The van der Waals surface area contributed by atoms with Crippen molar-refractivity contribution in [2.75, 3.05) is 26.0 Å². The molecule has 1 N–H and O–H groups in total. The molecular formula is C16H15F3N2O4S. The van der Waals surface area contributed by atoms with Gasteiger partial charge in [0, 0.05) is 12.7 Å². The summed E-state index contributed by atoms with van der Waals surface area (Å²) in [6.07, 6.45) is 0. The monoisotopic (exact) mass is 388 g/mol. The SMILES string of the molecule is COc1ccc(NC(=O)CN(C)S(=O)(=O)c2ccc(F)c(F)c2F)cc1. The van der Waals surface area contributed by atoms with E-state index in [1.807, 2.05) is 0 Å². The number of likely N-dealkylation sites (N-methyl/N-ethyl adjacent to an activating group) is 1. The largest absolute Gasteiger partial charge is 0.497 e. The molecule has 10 heteroatoms. The van der Waals surface area contributed by atoms with Crippen molar-refractivity contribution in [3.05, 3.63) is 53.8 Å². The molecule has 0 fully saturated rings. The summed E-state index contributed by atoms with van der Waals surface area (Å²) in [5.74, 6) is -5.39. The molecule has 0 aliphatic carbocycles. The molecule has 1 amide bonds. The van der Waals surface area contributed by atoms with Crippen LogP contribution in [0.3, 0.4) is 0 Å². The maximum atomic E-state index is 13.7. The highest BCUT2D eigenvalue weighted by Gasteiger charge is 2.29. The number of nitrogens with one attached hydrogen (secondary N) is 1. The first-order chi connectivity index (χ1) is 12.2. The third-order valence-electron chi connectivity index (χ3n) is 3.43. The molecule has 26 heavy (non-hydrogen) atoms. The molecule has 2 rings (SSSR count). The first kappa shape index (κ1) is 19.7. The molecule has 0 aliphatic rings. The Labute approximate surface area is 148 Å². The second-order valence-electron chi connectivity index (χ2n) is 5.21. The Bertz CT molecular complexity index is 918. The minimum Gasteiger partial charge on any atom is -0.497 e. The Morgan fingerprint density at radius 1 is 1.08 bits per heavy atom. The zero-order valence-corrected chi connectivity index (χ0v) is 14.6. The predicted molar refractivity (Wildman–Crippen MR) is 87.8 cm³/mol. The van der Waals surface area contributed by atoms with E-state index in [-0.39, 0.29) is 0 Å². The molecule has 0 saturated carbocycles. The second kappa shape index (κ2) is 7.75. The summed E-state index contributed by atoms with van der Waals surface area (Å²) in [5, 5.41) is 2.45. The molecule has 2 aromatic carbocycles. The number of carbonyl (C=O) groups is 1. The lowest BCUT2D eigenvalue weighted by Gasteiger charge is -2.17. The third kappa shape index (κ3) is 4.14. The van der Waals surface area contributed by atoms with Crippen LogP contribution < -0.4 is 10.1 Å². The van der Waals surface area contributed by atoms with Crippen LogP contribution in [0.1, 0.15) is 0 Å². The molecule has 140 valence electrons. The smallest absolute Gasteiger partial charge is 0.246 e. The summed E-state index contributed by atoms with van der Waals surface area (Å²) < 4.78 is 70.0. The quantitative estimate of drug-likeness (QED) is 0.771. The fourth-order valence-electron chi connectivity index (χ4n) is 2.04. The number of methoxy groups -OCH3 is 1. The van der Waals surface area contributed by atoms with Gasteiger partial charge in [-0.3, -0.25) is 4.79 Å². The number of ether oxygens (including phenoxy) is 1. The molecule has 0 spiro atoms. The van der Waals surface area contributed by atoms with E-state index in [2.05, 4.69) is 5.32 Å². The summed E-state index contributed by atoms with van der Waals surface area (Å²) in [5.41, 5.74) is 0.389. The normalized spacial score (nSPS) is 11.5. The molecule has 0 aromatic heterocycles. The Kier molecular flexibility index (Phi) is 5.88. The average molecular weight is 388 g/mol. The first-order valence-corrected chi connectivity index (χ1v) is 8.64. The van der Waals surface area contributed by atoms with Gasteiger partial charge in [-0.05, 0) is 36.4 Å². The van der Waals surface area contributed by atoms with Gasteiger partial charge in [-0.25, -0.2) is 21.6 Å². The molecular weight excluding hydrogens is 373 g/mol. The summed E-state index contributed by atoms with van der Waals surface area (Å²) in [7, 11) is -2.04. The van der Waals surface area contributed by atoms with E-state index in [1.165, 1.54) is 7.11 Å². The molecule has 0 bridgehead atoms. The standard InChI is InChI=1S/C16H15F3N2O4S/c1-21(9-14(22)20-10-3-5-11(25-2)6-4-10)26(23,24)13-8-7-12(17)15(18)16(13)19/h3-8H,9H2,1-2H3,(H,20,22). The second-order valence-corrected chi connectivity index (χ2v) is 7.22. The number of nitrogens with zero attached hydrogens (tertiary/aromatic N) is 1. The highest BCUT2D eigenvalue weighted by atomic mass is 32.2. The van der Waals surface area contributed by atoms with E-state index >= 15 is 0 Å². The average Bonchev–Trinajstić information content (AvgIpc) is 2.60. The van der Waals surface area contributed by atoms with E-state index in [0.717, 1.165) is 7.05 Å². The minimum absolute atomic E-state index is 0.389. The zero-order chi connectivity index (χ0) is 19.5. The van der Waals surface area contributed by atoms with E-state index < -0.39 is 44.8 Å². The first-order valence-electron chi connectivity index (χ1n) is 7.20. The number of amides is 1. The van der Waals surface area contributed by atoms with Crippen LogP contribution in [0.2, 0.25) is 0 Å². The number of hydrogen-bond acceptors (Lipinski definition) is 4. The summed E-state index contributed by atoms with van der Waals surface area (Å²) >= 11 is 0. The number of benzene rings is 2. The van der Waals surface area contributed by atoms with E-state index in [4.69, 9.17) is 4.74 Å². The topological polar surface area (TPSA) is 75.7 Å². The number of anilines is 1. The Morgan fingerprint density at radius 2 is 1.69 bits per heavy atom. The van der Waals surface area contributed by atoms with Gasteiger partial charge in [0.2, 0.25) is 15.9 Å². The van der Waals surface area contributed by atoms with Crippen molar-refractivity contribution in [1.82, 2.24) is 4.31 Å². The van der Waals surface area contributed by atoms with Crippen LogP contribution in [0.25, 0.3) is 0 Å². The number of hydrogen-bond donors (Lipinski definition) is 1. The van der Waals surface area contributed by atoms with E-state index in [0.29, 0.717) is 27.9 Å². The van der Waals surface area contributed by atoms with Crippen molar-refractivity contribution in [2.45, 2.75) is 4.90 Å². The van der Waals surface area contributed by atoms with Crippen molar-refractivity contribution in [1.29, 1.82) is 0 Å². The number of halogens is 3. The molecule has 0 heterocycles. The van der Waals surface area contributed by atoms with Gasteiger partial charge in [-0.2, -0.15) is 4.31 Å². The van der Waals surface area contributed by atoms with Gasteiger partial charge >= 0.3 is 0 Å². The van der Waals surface area contributed by atoms with Crippen molar-refractivity contribution < 1.29 is 31.1 Å². The Balaban J connectivity index is 2.13. The van der Waals surface area contributed by atoms with Crippen LogP contribution in [-0.4, -0.2) is 39.3 Å². The van der Waals surface area contributed by atoms with Crippen molar-refractivity contribution >= 4 is 21.6 Å². The highest BCUT2D eigenvalue weighted by Crippen LogP contribution is 2.22. The van der Waals surface area contributed by atoms with Gasteiger partial charge in [-0.1, -0.05) is 0 Å². The highest BCUT2D eigenvalue weighted by molar-refractivity contribution is 7.89. The van der Waals surface area contributed by atoms with E-state index in [1.54, 1.807) is 24.3 Å². The Morgan fingerprint density at radius 3 is 2.27 bits per heavy atom. The fourth-order valence-corrected chi connectivity index (χ4v) is 3.22. The Hall–Kier alpha value is -2.59. The lowest BCUT2D eigenvalue weighted by molar-refractivity contribution is -0.116. The molecule has 0 radical (unpaired) electrons. The minimum atomic E-state index is -4.54. The third-order valence-corrected chi connectivity index (χ3v) is 5.25. The summed E-state index contributed by atoms with van der Waals surface area (Å²) in [6.45, 7) is -0.660. The molecule has 6 nitrogen and oxygen atoms in total.